The van der Waals surface area contributed by atoms with E-state index < -0.39 is 17.7 Å². The molecule has 1 unspecified atom stereocenters. The summed E-state index contributed by atoms with van der Waals surface area (Å²) in [7, 11) is 3.13. The van der Waals surface area contributed by atoms with Gasteiger partial charge in [-0.2, -0.15) is 0 Å². The SMILES string of the molecule is COCCN1C(=O)C(=O)/C(=C(\O)c2ccc(OC)c(C(C)C)c2)C1c1ccc(OCC(C)C)cc1. The van der Waals surface area contributed by atoms with Crippen molar-refractivity contribution in [3.05, 3.63) is 64.7 Å². The maximum Gasteiger partial charge on any atom is 0.295 e. The molecule has 1 saturated heterocycles. The zero-order chi connectivity index (χ0) is 25.7. The third-order valence-corrected chi connectivity index (χ3v) is 5.98. The maximum atomic E-state index is 13.2. The van der Waals surface area contributed by atoms with Crippen molar-refractivity contribution in [1.82, 2.24) is 4.90 Å². The van der Waals surface area contributed by atoms with Gasteiger partial charge in [0, 0.05) is 19.2 Å². The molecule has 1 fully saturated rings. The molecule has 0 aromatic heterocycles. The number of hydrogen-bond acceptors (Lipinski definition) is 6. The second kappa shape index (κ2) is 11.4. The highest BCUT2D eigenvalue weighted by Crippen LogP contribution is 2.40. The molecule has 1 heterocycles. The molecule has 0 bridgehead atoms. The van der Waals surface area contributed by atoms with Gasteiger partial charge >= 0.3 is 0 Å². The number of aliphatic hydroxyl groups excluding tert-OH is 1. The average molecular weight is 482 g/mol. The number of aliphatic hydroxyl groups is 1. The van der Waals surface area contributed by atoms with E-state index in [-0.39, 0.29) is 30.4 Å². The molecule has 3 rings (SSSR count). The second-order valence-corrected chi connectivity index (χ2v) is 9.37. The van der Waals surface area contributed by atoms with Gasteiger partial charge in [0.2, 0.25) is 0 Å². The lowest BCUT2D eigenvalue weighted by Gasteiger charge is -2.25. The minimum atomic E-state index is -0.742. The van der Waals surface area contributed by atoms with Crippen LogP contribution in [0.2, 0.25) is 0 Å². The van der Waals surface area contributed by atoms with Crippen LogP contribution in [-0.2, 0) is 14.3 Å². The van der Waals surface area contributed by atoms with Crippen molar-refractivity contribution in [1.29, 1.82) is 0 Å². The first-order chi connectivity index (χ1) is 16.7. The number of likely N-dealkylation sites (tertiary alicyclic amines) is 1. The number of nitrogens with zero attached hydrogens (tertiary/aromatic N) is 1. The van der Waals surface area contributed by atoms with E-state index in [0.717, 1.165) is 5.56 Å². The Morgan fingerprint density at radius 2 is 1.71 bits per heavy atom. The largest absolute Gasteiger partial charge is 0.507 e. The minimum Gasteiger partial charge on any atom is -0.507 e. The average Bonchev–Trinajstić information content (AvgIpc) is 3.10. The fraction of sp³-hybridized carbons (Fsp3) is 0.429. The van der Waals surface area contributed by atoms with Crippen LogP contribution in [0.5, 0.6) is 11.5 Å². The molecule has 0 aliphatic carbocycles. The summed E-state index contributed by atoms with van der Waals surface area (Å²) in [4.78, 5) is 27.6. The van der Waals surface area contributed by atoms with E-state index in [2.05, 4.69) is 13.8 Å². The number of ether oxygens (including phenoxy) is 3. The van der Waals surface area contributed by atoms with Crippen molar-refractivity contribution in [2.24, 2.45) is 5.92 Å². The van der Waals surface area contributed by atoms with Gasteiger partial charge in [-0.25, -0.2) is 0 Å². The first-order valence-corrected chi connectivity index (χ1v) is 11.9. The molecule has 7 heteroatoms. The van der Waals surface area contributed by atoms with E-state index >= 15 is 0 Å². The lowest BCUT2D eigenvalue weighted by molar-refractivity contribution is -0.140. The Labute approximate surface area is 207 Å². The molecular weight excluding hydrogens is 446 g/mol. The van der Waals surface area contributed by atoms with Crippen LogP contribution in [0.1, 0.15) is 56.3 Å². The number of Topliss-reactive ketones (excluding diaryl/α,β-unsaturated/α-hetero) is 1. The fourth-order valence-corrected chi connectivity index (χ4v) is 4.14. The van der Waals surface area contributed by atoms with Gasteiger partial charge in [-0.1, -0.05) is 39.8 Å². The molecule has 1 amide bonds. The summed E-state index contributed by atoms with van der Waals surface area (Å²) >= 11 is 0. The first kappa shape index (κ1) is 26.3. The van der Waals surface area contributed by atoms with Gasteiger partial charge in [0.25, 0.3) is 11.7 Å². The van der Waals surface area contributed by atoms with Crippen molar-refractivity contribution in [2.75, 3.05) is 34.0 Å². The Morgan fingerprint density at radius 1 is 1.03 bits per heavy atom. The van der Waals surface area contributed by atoms with Gasteiger partial charge in [0.1, 0.15) is 17.3 Å². The molecule has 0 spiro atoms. The highest BCUT2D eigenvalue weighted by molar-refractivity contribution is 6.46. The Hall–Kier alpha value is -3.32. The lowest BCUT2D eigenvalue weighted by Crippen LogP contribution is -2.32. The summed E-state index contributed by atoms with van der Waals surface area (Å²) in [6.45, 7) is 9.25. The predicted molar refractivity (Wildman–Crippen MR) is 135 cm³/mol. The van der Waals surface area contributed by atoms with Gasteiger partial charge in [0.15, 0.2) is 0 Å². The standard InChI is InChI=1S/C28H35NO6/c1-17(2)16-35-21-10-7-19(8-11-21)25-24(27(31)28(32)29(25)13-14-33-5)26(30)20-9-12-23(34-6)22(15-20)18(3)4/h7-12,15,17-18,25,30H,13-14,16H2,1-6H3/b26-24-. The maximum absolute atomic E-state index is 13.2. The van der Waals surface area contributed by atoms with Gasteiger partial charge in [-0.15, -0.1) is 0 Å². The number of ketones is 1. The molecule has 2 aromatic carbocycles. The zero-order valence-corrected chi connectivity index (χ0v) is 21.3. The molecule has 1 atom stereocenters. The van der Waals surface area contributed by atoms with Gasteiger partial charge < -0.3 is 24.2 Å². The van der Waals surface area contributed by atoms with E-state index in [4.69, 9.17) is 14.2 Å². The van der Waals surface area contributed by atoms with Gasteiger partial charge in [-0.05, 0) is 53.3 Å². The number of methoxy groups -OCH3 is 2. The third kappa shape index (κ3) is 5.68. The van der Waals surface area contributed by atoms with Crippen LogP contribution in [0.4, 0.5) is 0 Å². The summed E-state index contributed by atoms with van der Waals surface area (Å²) in [5, 5.41) is 11.3. The van der Waals surface area contributed by atoms with Crippen molar-refractivity contribution in [3.63, 3.8) is 0 Å². The number of benzene rings is 2. The molecular formula is C28H35NO6. The van der Waals surface area contributed by atoms with Crippen molar-refractivity contribution in [3.8, 4) is 11.5 Å². The highest BCUT2D eigenvalue weighted by atomic mass is 16.5. The van der Waals surface area contributed by atoms with Crippen LogP contribution >= 0.6 is 0 Å². The molecule has 188 valence electrons. The lowest BCUT2D eigenvalue weighted by atomic mass is 9.93. The van der Waals surface area contributed by atoms with E-state index in [1.54, 1.807) is 25.3 Å². The van der Waals surface area contributed by atoms with Crippen molar-refractivity contribution in [2.45, 2.75) is 39.7 Å². The van der Waals surface area contributed by atoms with E-state index in [0.29, 0.717) is 35.2 Å². The summed E-state index contributed by atoms with van der Waals surface area (Å²) in [5.74, 6) is 0.334. The van der Waals surface area contributed by atoms with Crippen LogP contribution in [0.15, 0.2) is 48.0 Å². The summed E-state index contributed by atoms with van der Waals surface area (Å²) in [6, 6.07) is 11.8. The van der Waals surface area contributed by atoms with Crippen LogP contribution in [0.25, 0.3) is 5.76 Å². The highest BCUT2D eigenvalue weighted by Gasteiger charge is 2.45. The van der Waals surface area contributed by atoms with Gasteiger partial charge in [0.05, 0.1) is 31.9 Å². The minimum absolute atomic E-state index is 0.0572. The zero-order valence-electron chi connectivity index (χ0n) is 21.3. The Balaban J connectivity index is 2.10. The normalized spacial score (nSPS) is 17.5. The fourth-order valence-electron chi connectivity index (χ4n) is 4.14. The molecule has 1 aliphatic rings. The van der Waals surface area contributed by atoms with Crippen molar-refractivity contribution >= 4 is 17.4 Å². The monoisotopic (exact) mass is 481 g/mol. The molecule has 35 heavy (non-hydrogen) atoms. The van der Waals surface area contributed by atoms with E-state index in [1.165, 1.54) is 12.0 Å². The summed E-state index contributed by atoms with van der Waals surface area (Å²) < 4.78 is 16.4. The van der Waals surface area contributed by atoms with E-state index in [9.17, 15) is 14.7 Å². The van der Waals surface area contributed by atoms with Crippen LogP contribution in [-0.4, -0.2) is 55.7 Å². The predicted octanol–water partition coefficient (Wildman–Crippen LogP) is 4.92. The third-order valence-electron chi connectivity index (χ3n) is 5.98. The molecule has 0 saturated carbocycles. The number of carbonyl (C=O) groups is 2. The smallest absolute Gasteiger partial charge is 0.295 e. The topological polar surface area (TPSA) is 85.3 Å². The number of rotatable bonds is 10. The quantitative estimate of drug-likeness (QED) is 0.295. The molecule has 1 N–H and O–H groups in total. The molecule has 7 nitrogen and oxygen atoms in total. The molecule has 2 aromatic rings. The van der Waals surface area contributed by atoms with Crippen LogP contribution in [0, 0.1) is 5.92 Å². The molecule has 0 radical (unpaired) electrons. The number of carbonyl (C=O) groups excluding carboxylic acids is 2. The van der Waals surface area contributed by atoms with E-state index in [1.807, 2.05) is 38.1 Å². The summed E-state index contributed by atoms with van der Waals surface area (Å²) in [6.07, 6.45) is 0. The van der Waals surface area contributed by atoms with Gasteiger partial charge in [-0.3, -0.25) is 9.59 Å². The number of amides is 1. The van der Waals surface area contributed by atoms with Crippen molar-refractivity contribution < 1.29 is 28.9 Å². The molecule has 1 aliphatic heterocycles. The Kier molecular flexibility index (Phi) is 8.57. The van der Waals surface area contributed by atoms with Crippen LogP contribution < -0.4 is 9.47 Å². The number of hydrogen-bond donors (Lipinski definition) is 1. The first-order valence-electron chi connectivity index (χ1n) is 11.9. The summed E-state index contributed by atoms with van der Waals surface area (Å²) in [5.41, 5.74) is 2.12. The second-order valence-electron chi connectivity index (χ2n) is 9.37. The Bertz CT molecular complexity index is 1090. The Morgan fingerprint density at radius 3 is 2.29 bits per heavy atom. The van der Waals surface area contributed by atoms with Crippen LogP contribution in [0.3, 0.4) is 0 Å².